The van der Waals surface area contributed by atoms with Gasteiger partial charge in [-0.25, -0.2) is 13.2 Å². The second kappa shape index (κ2) is 10.4. The molecule has 2 aromatic carbocycles. The first-order valence-corrected chi connectivity index (χ1v) is 12.0. The Morgan fingerprint density at radius 1 is 1.14 bits per heavy atom. The topological polar surface area (TPSA) is 123 Å². The molecule has 2 aromatic rings. The number of carbonyl (C=O) groups is 1. The molecule has 0 amide bonds. The number of benzene rings is 2. The van der Waals surface area contributed by atoms with Crippen LogP contribution in [-0.2, 0) is 14.8 Å². The van der Waals surface area contributed by atoms with Gasteiger partial charge in [-0.3, -0.25) is 4.31 Å². The molecule has 0 aliphatic carbocycles. The van der Waals surface area contributed by atoms with Gasteiger partial charge in [-0.1, -0.05) is 12.1 Å². The summed E-state index contributed by atoms with van der Waals surface area (Å²) >= 11 is 0. The first-order chi connectivity index (χ1) is 16.5. The summed E-state index contributed by atoms with van der Waals surface area (Å²) in [4.78, 5) is 11.1. The molecule has 2 aliphatic rings. The molecule has 2 aliphatic heterocycles. The molecule has 0 spiro atoms. The molecule has 0 bridgehead atoms. The van der Waals surface area contributed by atoms with Gasteiger partial charge in [0.2, 0.25) is 0 Å². The third-order valence-electron chi connectivity index (χ3n) is 5.28. The molecule has 0 radical (unpaired) electrons. The Bertz CT molecular complexity index is 1240. The summed E-state index contributed by atoms with van der Waals surface area (Å²) in [5, 5.41) is 19.8. The SMILES string of the molecule is Cc1cc(N2CCNCC2)c2c(c1)N(S(=O)(=O)c1ccccc1C#N)CCO2.O=C(O)C(F)(F)F. The molecule has 35 heavy (non-hydrogen) atoms. The lowest BCUT2D eigenvalue weighted by Gasteiger charge is -2.36. The first kappa shape index (κ1) is 26.1. The van der Waals surface area contributed by atoms with Crippen LogP contribution in [0.15, 0.2) is 41.3 Å². The van der Waals surface area contributed by atoms with E-state index in [0.29, 0.717) is 11.4 Å². The van der Waals surface area contributed by atoms with E-state index in [1.807, 2.05) is 25.1 Å². The van der Waals surface area contributed by atoms with Crippen LogP contribution in [0.25, 0.3) is 0 Å². The number of anilines is 2. The number of carboxylic acid groups (broad SMARTS) is 1. The highest BCUT2D eigenvalue weighted by molar-refractivity contribution is 7.93. The van der Waals surface area contributed by atoms with Crippen LogP contribution in [0.4, 0.5) is 24.5 Å². The minimum Gasteiger partial charge on any atom is -0.487 e. The fraction of sp³-hybridized carbons (Fsp3) is 0.364. The van der Waals surface area contributed by atoms with Crippen LogP contribution in [0, 0.1) is 18.3 Å². The molecule has 0 aromatic heterocycles. The van der Waals surface area contributed by atoms with Crippen LogP contribution in [0.2, 0.25) is 0 Å². The second-order valence-electron chi connectivity index (χ2n) is 7.71. The first-order valence-electron chi connectivity index (χ1n) is 10.5. The lowest BCUT2D eigenvalue weighted by molar-refractivity contribution is -0.192. The van der Waals surface area contributed by atoms with Crippen LogP contribution in [0.1, 0.15) is 11.1 Å². The molecule has 1 fully saturated rings. The lowest BCUT2D eigenvalue weighted by atomic mass is 10.1. The number of sulfonamides is 1. The number of fused-ring (bicyclic) bond motifs is 1. The van der Waals surface area contributed by atoms with Gasteiger partial charge in [0.25, 0.3) is 10.0 Å². The Morgan fingerprint density at radius 3 is 2.34 bits per heavy atom. The number of nitrogens with zero attached hydrogens (tertiary/aromatic N) is 3. The van der Waals surface area contributed by atoms with E-state index in [0.717, 1.165) is 37.4 Å². The smallest absolute Gasteiger partial charge is 0.487 e. The fourth-order valence-corrected chi connectivity index (χ4v) is 5.30. The average Bonchev–Trinajstić information content (AvgIpc) is 2.83. The maximum atomic E-state index is 13.4. The van der Waals surface area contributed by atoms with Crippen LogP contribution >= 0.6 is 0 Å². The summed E-state index contributed by atoms with van der Waals surface area (Å²) in [6, 6.07) is 12.2. The number of ether oxygens (including phenoxy) is 1. The monoisotopic (exact) mass is 512 g/mol. The highest BCUT2D eigenvalue weighted by Gasteiger charge is 2.38. The Morgan fingerprint density at radius 2 is 1.74 bits per heavy atom. The predicted molar refractivity (Wildman–Crippen MR) is 121 cm³/mol. The molecule has 4 rings (SSSR count). The minimum absolute atomic E-state index is 0.0237. The number of nitrogens with one attached hydrogen (secondary N) is 1. The summed E-state index contributed by atoms with van der Waals surface area (Å²) in [6.45, 7) is 5.85. The third kappa shape index (κ3) is 5.77. The van der Waals surface area contributed by atoms with E-state index in [1.165, 1.54) is 16.4 Å². The summed E-state index contributed by atoms with van der Waals surface area (Å²) in [7, 11) is -3.88. The average molecular weight is 513 g/mol. The van der Waals surface area contributed by atoms with Crippen LogP contribution in [0.3, 0.4) is 0 Å². The van der Waals surface area contributed by atoms with Gasteiger partial charge in [0.1, 0.15) is 17.6 Å². The molecule has 1 saturated heterocycles. The number of hydrogen-bond acceptors (Lipinski definition) is 7. The number of aryl methyl sites for hydroxylation is 1. The number of carboxylic acids is 1. The van der Waals surface area contributed by atoms with Gasteiger partial charge in [0.15, 0.2) is 5.75 Å². The number of nitriles is 1. The zero-order valence-electron chi connectivity index (χ0n) is 18.7. The standard InChI is InChI=1S/C20H22N4O3S.C2HF3O2/c1-15-12-17(23-8-6-22-7-9-23)20-18(13-15)24(10-11-27-20)28(25,26)19-5-3-2-4-16(19)14-21;3-2(4,5)1(6)7/h2-5,12-13,22H,6-11H2,1H3;(H,6,7). The Balaban J connectivity index is 0.000000429. The zero-order valence-corrected chi connectivity index (χ0v) is 19.5. The third-order valence-corrected chi connectivity index (χ3v) is 7.15. The number of alkyl halides is 3. The summed E-state index contributed by atoms with van der Waals surface area (Å²) in [5.41, 5.74) is 2.56. The van der Waals surface area contributed by atoms with Crippen molar-refractivity contribution in [2.45, 2.75) is 18.0 Å². The second-order valence-corrected chi connectivity index (χ2v) is 9.54. The minimum atomic E-state index is -5.08. The van der Waals surface area contributed by atoms with E-state index in [4.69, 9.17) is 14.6 Å². The number of aliphatic carboxylic acids is 1. The summed E-state index contributed by atoms with van der Waals surface area (Å²) < 4.78 is 65.9. The molecular weight excluding hydrogens is 489 g/mol. The lowest BCUT2D eigenvalue weighted by Crippen LogP contribution is -2.44. The maximum absolute atomic E-state index is 13.4. The number of halogens is 3. The van der Waals surface area contributed by atoms with Crippen molar-refractivity contribution in [3.05, 3.63) is 47.5 Å². The van der Waals surface area contributed by atoms with E-state index in [2.05, 4.69) is 10.2 Å². The highest BCUT2D eigenvalue weighted by Crippen LogP contribution is 2.43. The van der Waals surface area contributed by atoms with Crippen molar-refractivity contribution in [1.29, 1.82) is 5.26 Å². The van der Waals surface area contributed by atoms with Gasteiger partial charge in [0, 0.05) is 26.2 Å². The van der Waals surface area contributed by atoms with Crippen molar-refractivity contribution in [3.63, 3.8) is 0 Å². The van der Waals surface area contributed by atoms with E-state index >= 15 is 0 Å². The van der Waals surface area contributed by atoms with Crippen molar-refractivity contribution in [2.24, 2.45) is 0 Å². The van der Waals surface area contributed by atoms with Gasteiger partial charge in [-0.15, -0.1) is 0 Å². The van der Waals surface area contributed by atoms with Crippen molar-refractivity contribution >= 4 is 27.4 Å². The number of piperazine rings is 1. The molecule has 9 nitrogen and oxygen atoms in total. The van der Waals surface area contributed by atoms with Crippen LogP contribution in [-0.4, -0.2) is 65.0 Å². The van der Waals surface area contributed by atoms with Gasteiger partial charge < -0.3 is 20.1 Å². The number of hydrogen-bond donors (Lipinski definition) is 2. The molecular formula is C22H23F3N4O5S. The van der Waals surface area contributed by atoms with Crippen molar-refractivity contribution in [3.8, 4) is 11.8 Å². The predicted octanol–water partition coefficient (Wildman–Crippen LogP) is 2.50. The summed E-state index contributed by atoms with van der Waals surface area (Å²) in [6.07, 6.45) is -5.08. The Kier molecular flexibility index (Phi) is 7.76. The fourth-order valence-electron chi connectivity index (χ4n) is 3.71. The number of rotatable bonds is 3. The maximum Gasteiger partial charge on any atom is 0.490 e. The molecule has 2 N–H and O–H groups in total. The van der Waals surface area contributed by atoms with E-state index < -0.39 is 22.2 Å². The van der Waals surface area contributed by atoms with Gasteiger partial charge in [-0.2, -0.15) is 18.4 Å². The van der Waals surface area contributed by atoms with Crippen molar-refractivity contribution < 1.29 is 36.2 Å². The van der Waals surface area contributed by atoms with Crippen molar-refractivity contribution in [1.82, 2.24) is 5.32 Å². The Hall–Kier alpha value is -3.50. The van der Waals surface area contributed by atoms with E-state index in [9.17, 15) is 26.9 Å². The highest BCUT2D eigenvalue weighted by atomic mass is 32.2. The normalized spacial score (nSPS) is 15.7. The van der Waals surface area contributed by atoms with Crippen LogP contribution in [0.5, 0.6) is 5.75 Å². The van der Waals surface area contributed by atoms with Crippen LogP contribution < -0.4 is 19.3 Å². The van der Waals surface area contributed by atoms with Gasteiger partial charge in [-0.05, 0) is 36.8 Å². The molecule has 188 valence electrons. The molecule has 0 saturated carbocycles. The molecule has 0 unspecified atom stereocenters. The van der Waals surface area contributed by atoms with E-state index in [-0.39, 0.29) is 23.6 Å². The Labute approximate surface area is 200 Å². The molecule has 0 atom stereocenters. The zero-order chi connectivity index (χ0) is 25.8. The van der Waals surface area contributed by atoms with Gasteiger partial charge in [0.05, 0.1) is 23.5 Å². The summed E-state index contributed by atoms with van der Waals surface area (Å²) in [5.74, 6) is -2.16. The van der Waals surface area contributed by atoms with E-state index in [1.54, 1.807) is 12.1 Å². The quantitative estimate of drug-likeness (QED) is 0.643. The van der Waals surface area contributed by atoms with Crippen molar-refractivity contribution in [2.75, 3.05) is 48.5 Å². The van der Waals surface area contributed by atoms with Gasteiger partial charge >= 0.3 is 12.1 Å². The molecule has 13 heteroatoms. The molecule has 2 heterocycles. The largest absolute Gasteiger partial charge is 0.490 e.